The van der Waals surface area contributed by atoms with E-state index in [2.05, 4.69) is 21.4 Å². The highest BCUT2D eigenvalue weighted by molar-refractivity contribution is 7.22. The van der Waals surface area contributed by atoms with Crippen LogP contribution < -0.4 is 0 Å². The first-order chi connectivity index (χ1) is 6.70. The quantitative estimate of drug-likeness (QED) is 0.647. The van der Waals surface area contributed by atoms with Crippen molar-refractivity contribution in [3.63, 3.8) is 0 Å². The second kappa shape index (κ2) is 4.06. The van der Waals surface area contributed by atoms with Crippen LogP contribution in [0.4, 0.5) is 0 Å². The summed E-state index contributed by atoms with van der Waals surface area (Å²) in [6.45, 7) is 0. The fraction of sp³-hybridized carbons (Fsp3) is 0.0909. The van der Waals surface area contributed by atoms with E-state index in [1.807, 2.05) is 24.3 Å². The molecule has 0 saturated carbocycles. The predicted octanol–water partition coefficient (Wildman–Crippen LogP) is 4.23. The van der Waals surface area contributed by atoms with Crippen LogP contribution in [0.2, 0.25) is 0 Å². The third kappa shape index (κ3) is 1.75. The summed E-state index contributed by atoms with van der Waals surface area (Å²) in [7, 11) is 2.68. The molecule has 0 aliphatic heterocycles. The van der Waals surface area contributed by atoms with Gasteiger partial charge in [-0.25, -0.2) is 0 Å². The molecule has 0 radical (unpaired) electrons. The number of hydrogen-bond acceptors (Lipinski definition) is 0. The number of benzene rings is 1. The van der Waals surface area contributed by atoms with Gasteiger partial charge in [-0.05, 0) is 17.0 Å². The van der Waals surface area contributed by atoms with Gasteiger partial charge < -0.3 is 0 Å². The van der Waals surface area contributed by atoms with Crippen LogP contribution in [0.5, 0.6) is 0 Å². The first kappa shape index (κ1) is 10.2. The van der Waals surface area contributed by atoms with E-state index < -0.39 is 0 Å². The van der Waals surface area contributed by atoms with Crippen molar-refractivity contribution >= 4 is 32.4 Å². The summed E-state index contributed by atoms with van der Waals surface area (Å²) in [6, 6.07) is 10.1. The zero-order valence-electron chi connectivity index (χ0n) is 7.37. The van der Waals surface area contributed by atoms with Crippen LogP contribution in [-0.4, -0.2) is 0 Å². The number of rotatable bonds is 1. The van der Waals surface area contributed by atoms with Gasteiger partial charge in [0.1, 0.15) is 0 Å². The lowest BCUT2D eigenvalue weighted by Crippen LogP contribution is -1.95. The Hall–Kier alpha value is -0.290. The molecule has 3 heteroatoms. The molecule has 1 aliphatic rings. The van der Waals surface area contributed by atoms with Crippen molar-refractivity contribution in [1.82, 2.24) is 0 Å². The smallest absolute Gasteiger partial charge is 0.0564 e. The molecule has 2 unspecified atom stereocenters. The van der Waals surface area contributed by atoms with E-state index in [9.17, 15) is 0 Å². The second-order valence-corrected chi connectivity index (χ2v) is 4.66. The average molecular weight is 243 g/mol. The van der Waals surface area contributed by atoms with E-state index in [0.717, 1.165) is 5.31 Å². The molecule has 0 spiro atoms. The van der Waals surface area contributed by atoms with E-state index >= 15 is 0 Å². The molecular weight excluding hydrogens is 234 g/mol. The van der Waals surface area contributed by atoms with Gasteiger partial charge in [0.15, 0.2) is 0 Å². The van der Waals surface area contributed by atoms with Gasteiger partial charge in [-0.2, -0.15) is 0 Å². The van der Waals surface area contributed by atoms with Crippen molar-refractivity contribution < 1.29 is 0 Å². The van der Waals surface area contributed by atoms with E-state index in [-0.39, 0.29) is 5.92 Å². The Morgan fingerprint density at radius 2 is 1.71 bits per heavy atom. The Morgan fingerprint density at radius 3 is 2.21 bits per heavy atom. The highest BCUT2D eigenvalue weighted by atomic mass is 35.5. The van der Waals surface area contributed by atoms with Gasteiger partial charge in [0.05, 0.1) is 5.03 Å². The molecule has 0 bridgehead atoms. The van der Waals surface area contributed by atoms with Gasteiger partial charge in [0.2, 0.25) is 0 Å². The Balaban J connectivity index is 2.43. The van der Waals surface area contributed by atoms with Crippen molar-refractivity contribution in [3.05, 3.63) is 57.4 Å². The third-order valence-electron chi connectivity index (χ3n) is 2.24. The van der Waals surface area contributed by atoms with Crippen LogP contribution in [-0.2, 0) is 0 Å². The highest BCUT2D eigenvalue weighted by Gasteiger charge is 2.24. The lowest BCUT2D eigenvalue weighted by molar-refractivity contribution is 1.06. The third-order valence-corrected chi connectivity index (χ3v) is 3.57. The largest absolute Gasteiger partial charge is 0.109 e. The SMILES string of the molecule is PC1=CC(Cl)=C(Cl)C1c1ccccc1. The monoisotopic (exact) mass is 242 g/mol. The topological polar surface area (TPSA) is 0 Å². The van der Waals surface area contributed by atoms with Gasteiger partial charge >= 0.3 is 0 Å². The molecule has 2 atom stereocenters. The summed E-state index contributed by atoms with van der Waals surface area (Å²) in [6.07, 6.45) is 1.90. The Bertz CT molecular complexity index is 407. The highest BCUT2D eigenvalue weighted by Crippen LogP contribution is 2.45. The molecular formula is C11H9Cl2P. The summed E-state index contributed by atoms with van der Waals surface area (Å²) >= 11 is 12.1. The minimum absolute atomic E-state index is 0.121. The van der Waals surface area contributed by atoms with Crippen molar-refractivity contribution in [2.24, 2.45) is 0 Å². The molecule has 1 aliphatic carbocycles. The van der Waals surface area contributed by atoms with Crippen LogP contribution in [0, 0.1) is 0 Å². The lowest BCUT2D eigenvalue weighted by atomic mass is 10.0. The fourth-order valence-electron chi connectivity index (χ4n) is 1.57. The normalized spacial score (nSPS) is 21.4. The van der Waals surface area contributed by atoms with Crippen molar-refractivity contribution in [1.29, 1.82) is 0 Å². The minimum atomic E-state index is 0.121. The maximum atomic E-state index is 6.14. The fourth-order valence-corrected chi connectivity index (χ4v) is 2.85. The molecule has 0 amide bonds. The van der Waals surface area contributed by atoms with E-state index in [1.54, 1.807) is 0 Å². The van der Waals surface area contributed by atoms with Gasteiger partial charge in [0.25, 0.3) is 0 Å². The van der Waals surface area contributed by atoms with Gasteiger partial charge in [-0.1, -0.05) is 53.5 Å². The molecule has 0 nitrogen and oxygen atoms in total. The Morgan fingerprint density at radius 1 is 1.07 bits per heavy atom. The summed E-state index contributed by atoms with van der Waals surface area (Å²) in [5.41, 5.74) is 1.18. The van der Waals surface area contributed by atoms with E-state index in [4.69, 9.17) is 23.2 Å². The molecule has 0 saturated heterocycles. The number of halogens is 2. The van der Waals surface area contributed by atoms with Gasteiger partial charge in [-0.15, -0.1) is 9.24 Å². The standard InChI is InChI=1S/C11H9Cl2P/c12-8-6-9(14)10(11(8)13)7-4-2-1-3-5-7/h1-6,10H,14H2. The van der Waals surface area contributed by atoms with Crippen LogP contribution in [0.15, 0.2) is 51.8 Å². The minimum Gasteiger partial charge on any atom is -0.109 e. The Labute approximate surface area is 95.8 Å². The average Bonchev–Trinajstić information content (AvgIpc) is 2.43. The van der Waals surface area contributed by atoms with Gasteiger partial charge in [0, 0.05) is 11.0 Å². The van der Waals surface area contributed by atoms with E-state index in [1.165, 1.54) is 5.56 Å². The molecule has 0 heterocycles. The maximum Gasteiger partial charge on any atom is 0.0564 e. The maximum absolute atomic E-state index is 6.14. The van der Waals surface area contributed by atoms with Crippen molar-refractivity contribution in [3.8, 4) is 0 Å². The molecule has 1 aromatic rings. The van der Waals surface area contributed by atoms with Crippen molar-refractivity contribution in [2.75, 3.05) is 0 Å². The van der Waals surface area contributed by atoms with Crippen LogP contribution in [0.25, 0.3) is 0 Å². The lowest BCUT2D eigenvalue weighted by Gasteiger charge is -2.12. The predicted molar refractivity (Wildman–Crippen MR) is 65.7 cm³/mol. The summed E-state index contributed by atoms with van der Waals surface area (Å²) < 4.78 is 0. The van der Waals surface area contributed by atoms with Crippen LogP contribution in [0.3, 0.4) is 0 Å². The molecule has 0 aromatic heterocycles. The number of allylic oxidation sites excluding steroid dienone is 4. The number of hydrogen-bond donors (Lipinski definition) is 0. The summed E-state index contributed by atoms with van der Waals surface area (Å²) in [4.78, 5) is 0. The summed E-state index contributed by atoms with van der Waals surface area (Å²) in [5.74, 6) is 0.121. The second-order valence-electron chi connectivity index (χ2n) is 3.18. The molecule has 0 fully saturated rings. The first-order valence-electron chi connectivity index (χ1n) is 4.27. The molecule has 2 rings (SSSR count). The van der Waals surface area contributed by atoms with E-state index in [0.29, 0.717) is 10.1 Å². The molecule has 72 valence electrons. The molecule has 1 aromatic carbocycles. The zero-order chi connectivity index (χ0) is 10.1. The molecule has 0 N–H and O–H groups in total. The summed E-state index contributed by atoms with van der Waals surface area (Å²) in [5, 5.41) is 2.47. The first-order valence-corrected chi connectivity index (χ1v) is 5.60. The van der Waals surface area contributed by atoms with Crippen LogP contribution >= 0.6 is 32.4 Å². The van der Waals surface area contributed by atoms with Gasteiger partial charge in [-0.3, -0.25) is 0 Å². The zero-order valence-corrected chi connectivity index (χ0v) is 10.0. The van der Waals surface area contributed by atoms with Crippen molar-refractivity contribution in [2.45, 2.75) is 5.92 Å². The van der Waals surface area contributed by atoms with Crippen LogP contribution in [0.1, 0.15) is 11.5 Å². The molecule has 14 heavy (non-hydrogen) atoms. The Kier molecular flexibility index (Phi) is 2.97.